The van der Waals surface area contributed by atoms with E-state index < -0.39 is 5.97 Å². The summed E-state index contributed by atoms with van der Waals surface area (Å²) in [5, 5.41) is 11.4. The summed E-state index contributed by atoms with van der Waals surface area (Å²) in [5.74, 6) is -1.41. The van der Waals surface area contributed by atoms with Crippen molar-refractivity contribution in [3.8, 4) is 0 Å². The molecule has 2 N–H and O–H groups in total. The molecule has 0 aliphatic carbocycles. The molecule has 0 atom stereocenters. The van der Waals surface area contributed by atoms with Gasteiger partial charge in [0, 0.05) is 20.0 Å². The summed E-state index contributed by atoms with van der Waals surface area (Å²) < 4.78 is 0. The van der Waals surface area contributed by atoms with Crippen molar-refractivity contribution < 1.29 is 19.5 Å². The van der Waals surface area contributed by atoms with E-state index in [9.17, 15) is 14.4 Å². The van der Waals surface area contributed by atoms with Crippen molar-refractivity contribution in [3.63, 3.8) is 0 Å². The molecule has 6 heteroatoms. The number of fused-ring (bicyclic) bond motifs is 1. The summed E-state index contributed by atoms with van der Waals surface area (Å²) in [7, 11) is 0. The van der Waals surface area contributed by atoms with Gasteiger partial charge in [-0.15, -0.1) is 0 Å². The number of carbonyl (C=O) groups excluding carboxylic acids is 2. The molecule has 0 saturated heterocycles. The van der Waals surface area contributed by atoms with E-state index in [1.165, 1.54) is 13.0 Å². The zero-order chi connectivity index (χ0) is 14.0. The van der Waals surface area contributed by atoms with E-state index in [2.05, 4.69) is 5.32 Å². The van der Waals surface area contributed by atoms with Crippen LogP contribution in [0.3, 0.4) is 0 Å². The SMILES string of the molecule is CC(=O)NCC(=O)N1Cc2ccc(C(=O)O)cc2C1. The number of rotatable bonds is 3. The Balaban J connectivity index is 2.05. The van der Waals surface area contributed by atoms with Crippen molar-refractivity contribution in [2.24, 2.45) is 0 Å². The first-order valence-electron chi connectivity index (χ1n) is 5.84. The molecule has 0 fully saturated rings. The second kappa shape index (κ2) is 5.09. The van der Waals surface area contributed by atoms with Crippen LogP contribution in [0.5, 0.6) is 0 Å². The fourth-order valence-electron chi connectivity index (χ4n) is 2.02. The van der Waals surface area contributed by atoms with E-state index in [-0.39, 0.29) is 23.9 Å². The van der Waals surface area contributed by atoms with Gasteiger partial charge < -0.3 is 15.3 Å². The summed E-state index contributed by atoms with van der Waals surface area (Å²) >= 11 is 0. The summed E-state index contributed by atoms with van der Waals surface area (Å²) in [5.41, 5.74) is 2.01. The van der Waals surface area contributed by atoms with Crippen LogP contribution in [-0.2, 0) is 22.7 Å². The Morgan fingerprint density at radius 1 is 1.26 bits per heavy atom. The number of amides is 2. The fraction of sp³-hybridized carbons (Fsp3) is 0.308. The lowest BCUT2D eigenvalue weighted by atomic mass is 10.1. The van der Waals surface area contributed by atoms with E-state index in [1.54, 1.807) is 17.0 Å². The normalized spacial score (nSPS) is 13.0. The van der Waals surface area contributed by atoms with Gasteiger partial charge in [0.2, 0.25) is 11.8 Å². The second-order valence-electron chi connectivity index (χ2n) is 4.45. The number of carbonyl (C=O) groups is 3. The van der Waals surface area contributed by atoms with E-state index in [4.69, 9.17) is 5.11 Å². The minimum atomic E-state index is -0.981. The van der Waals surface area contributed by atoms with Gasteiger partial charge in [0.15, 0.2) is 0 Å². The summed E-state index contributed by atoms with van der Waals surface area (Å²) in [6.45, 7) is 2.16. The Hall–Kier alpha value is -2.37. The maximum Gasteiger partial charge on any atom is 0.335 e. The molecule has 2 amide bonds. The van der Waals surface area contributed by atoms with E-state index in [1.807, 2.05) is 0 Å². The minimum Gasteiger partial charge on any atom is -0.478 e. The van der Waals surface area contributed by atoms with Crippen molar-refractivity contribution in [1.82, 2.24) is 10.2 Å². The number of hydrogen-bond donors (Lipinski definition) is 2. The van der Waals surface area contributed by atoms with Crippen molar-refractivity contribution in [2.75, 3.05) is 6.54 Å². The van der Waals surface area contributed by atoms with Crippen LogP contribution in [-0.4, -0.2) is 34.3 Å². The lowest BCUT2D eigenvalue weighted by Crippen LogP contribution is -2.36. The van der Waals surface area contributed by atoms with E-state index in [0.717, 1.165) is 11.1 Å². The molecular weight excluding hydrogens is 248 g/mol. The van der Waals surface area contributed by atoms with Gasteiger partial charge in [0.05, 0.1) is 12.1 Å². The molecule has 1 heterocycles. The van der Waals surface area contributed by atoms with Crippen LogP contribution in [0, 0.1) is 0 Å². The highest BCUT2D eigenvalue weighted by Gasteiger charge is 2.24. The Labute approximate surface area is 110 Å². The van der Waals surface area contributed by atoms with Gasteiger partial charge in [-0.05, 0) is 23.3 Å². The van der Waals surface area contributed by atoms with Gasteiger partial charge in [-0.25, -0.2) is 4.79 Å². The molecule has 0 unspecified atom stereocenters. The Kier molecular flexibility index (Phi) is 3.50. The Morgan fingerprint density at radius 2 is 1.95 bits per heavy atom. The van der Waals surface area contributed by atoms with Crippen LogP contribution in [0.1, 0.15) is 28.4 Å². The number of nitrogens with one attached hydrogen (secondary N) is 1. The second-order valence-corrected chi connectivity index (χ2v) is 4.45. The molecule has 1 aromatic carbocycles. The Morgan fingerprint density at radius 3 is 2.58 bits per heavy atom. The zero-order valence-electron chi connectivity index (χ0n) is 10.5. The average molecular weight is 262 g/mol. The minimum absolute atomic E-state index is 0.0326. The van der Waals surface area contributed by atoms with Gasteiger partial charge in [-0.2, -0.15) is 0 Å². The summed E-state index contributed by atoms with van der Waals surface area (Å²) in [6, 6.07) is 4.84. The first kappa shape index (κ1) is 13.1. The molecule has 0 spiro atoms. The standard InChI is InChI=1S/C13H14N2O4/c1-8(16)14-5-12(17)15-6-10-3-2-9(13(18)19)4-11(10)7-15/h2-4H,5-7H2,1H3,(H,14,16)(H,18,19). The molecule has 1 aliphatic rings. The third kappa shape index (κ3) is 2.90. The molecule has 0 bridgehead atoms. The first-order chi connectivity index (χ1) is 8.97. The van der Waals surface area contributed by atoms with Crippen molar-refractivity contribution >= 4 is 17.8 Å². The highest BCUT2D eigenvalue weighted by molar-refractivity contribution is 5.88. The molecule has 2 rings (SSSR count). The molecule has 0 radical (unpaired) electrons. The fourth-order valence-corrected chi connectivity index (χ4v) is 2.02. The molecule has 100 valence electrons. The number of carboxylic acid groups (broad SMARTS) is 1. The summed E-state index contributed by atoms with van der Waals surface area (Å²) in [4.78, 5) is 35.0. The molecule has 0 aromatic heterocycles. The molecule has 6 nitrogen and oxygen atoms in total. The van der Waals surface area contributed by atoms with Crippen LogP contribution >= 0.6 is 0 Å². The first-order valence-corrected chi connectivity index (χ1v) is 5.84. The highest BCUT2D eigenvalue weighted by Crippen LogP contribution is 2.23. The molecular formula is C13H14N2O4. The average Bonchev–Trinajstić information content (AvgIpc) is 2.78. The smallest absolute Gasteiger partial charge is 0.335 e. The lowest BCUT2D eigenvalue weighted by molar-refractivity contribution is -0.133. The number of hydrogen-bond acceptors (Lipinski definition) is 3. The van der Waals surface area contributed by atoms with Crippen molar-refractivity contribution in [3.05, 3.63) is 34.9 Å². The molecule has 0 saturated carbocycles. The molecule has 19 heavy (non-hydrogen) atoms. The van der Waals surface area contributed by atoms with Gasteiger partial charge in [0.1, 0.15) is 0 Å². The van der Waals surface area contributed by atoms with Gasteiger partial charge in [-0.3, -0.25) is 9.59 Å². The topological polar surface area (TPSA) is 86.7 Å². The number of carboxylic acids is 1. The lowest BCUT2D eigenvalue weighted by Gasteiger charge is -2.15. The van der Waals surface area contributed by atoms with Gasteiger partial charge in [0.25, 0.3) is 0 Å². The quantitative estimate of drug-likeness (QED) is 0.823. The van der Waals surface area contributed by atoms with Crippen LogP contribution in [0.2, 0.25) is 0 Å². The third-order valence-electron chi connectivity index (χ3n) is 3.02. The largest absolute Gasteiger partial charge is 0.478 e. The predicted octanol–water partition coefficient (Wildman–Crippen LogP) is 0.363. The predicted molar refractivity (Wildman–Crippen MR) is 66.3 cm³/mol. The maximum absolute atomic E-state index is 11.8. The number of benzene rings is 1. The van der Waals surface area contributed by atoms with Gasteiger partial charge in [-0.1, -0.05) is 6.07 Å². The summed E-state index contributed by atoms with van der Waals surface area (Å²) in [6.07, 6.45) is 0. The van der Waals surface area contributed by atoms with Crippen molar-refractivity contribution in [1.29, 1.82) is 0 Å². The maximum atomic E-state index is 11.8. The Bertz CT molecular complexity index is 554. The van der Waals surface area contributed by atoms with Crippen molar-refractivity contribution in [2.45, 2.75) is 20.0 Å². The third-order valence-corrected chi connectivity index (χ3v) is 3.02. The zero-order valence-corrected chi connectivity index (χ0v) is 10.5. The van der Waals surface area contributed by atoms with Crippen LogP contribution < -0.4 is 5.32 Å². The molecule has 1 aliphatic heterocycles. The monoisotopic (exact) mass is 262 g/mol. The number of aromatic carboxylic acids is 1. The number of nitrogens with zero attached hydrogens (tertiary/aromatic N) is 1. The van der Waals surface area contributed by atoms with Crippen LogP contribution in [0.4, 0.5) is 0 Å². The molecule has 1 aromatic rings. The van der Waals surface area contributed by atoms with Crippen LogP contribution in [0.25, 0.3) is 0 Å². The van der Waals surface area contributed by atoms with E-state index in [0.29, 0.717) is 13.1 Å². The van der Waals surface area contributed by atoms with E-state index >= 15 is 0 Å². The van der Waals surface area contributed by atoms with Gasteiger partial charge >= 0.3 is 5.97 Å². The van der Waals surface area contributed by atoms with Crippen LogP contribution in [0.15, 0.2) is 18.2 Å². The highest BCUT2D eigenvalue weighted by atomic mass is 16.4.